The van der Waals surface area contributed by atoms with Crippen LogP contribution < -0.4 is 0 Å². The summed E-state index contributed by atoms with van der Waals surface area (Å²) < 4.78 is 28.0. The zero-order valence-electron chi connectivity index (χ0n) is 9.88. The lowest BCUT2D eigenvalue weighted by atomic mass is 10.2. The molecule has 0 aliphatic carbocycles. The molecule has 1 aromatic carbocycles. The van der Waals surface area contributed by atoms with Crippen LogP contribution in [0.5, 0.6) is 0 Å². The molecule has 5 heteroatoms. The smallest absolute Gasteiger partial charge is 0.207 e. The molecular formula is C12H15NO3S. The van der Waals surface area contributed by atoms with Crippen molar-refractivity contribution in [3.8, 4) is 0 Å². The fraction of sp³-hybridized carbons (Fsp3) is 0.250. The Morgan fingerprint density at radius 1 is 1.53 bits per heavy atom. The van der Waals surface area contributed by atoms with Crippen molar-refractivity contribution in [1.82, 2.24) is 0 Å². The number of ether oxygens (including phenoxy) is 1. The van der Waals surface area contributed by atoms with Gasteiger partial charge < -0.3 is 4.74 Å². The van der Waals surface area contributed by atoms with Crippen LogP contribution in [0.1, 0.15) is 5.56 Å². The van der Waals surface area contributed by atoms with E-state index in [1.807, 2.05) is 0 Å². The van der Waals surface area contributed by atoms with E-state index in [1.165, 1.54) is 12.3 Å². The molecule has 0 heterocycles. The third-order valence-corrected chi connectivity index (χ3v) is 3.22. The van der Waals surface area contributed by atoms with Crippen molar-refractivity contribution in [3.05, 3.63) is 42.5 Å². The van der Waals surface area contributed by atoms with E-state index in [4.69, 9.17) is 4.74 Å². The second-order valence-corrected chi connectivity index (χ2v) is 5.49. The number of hydrogen-bond donors (Lipinski definition) is 0. The Morgan fingerprint density at radius 3 is 2.76 bits per heavy atom. The van der Waals surface area contributed by atoms with Gasteiger partial charge in [-0.15, -0.1) is 0 Å². The first kappa shape index (κ1) is 13.4. The van der Waals surface area contributed by atoms with Gasteiger partial charge in [-0.05, 0) is 23.8 Å². The Labute approximate surface area is 102 Å². The van der Waals surface area contributed by atoms with Crippen LogP contribution in [-0.4, -0.2) is 27.6 Å². The molecule has 0 N–H and O–H groups in total. The lowest BCUT2D eigenvalue weighted by Gasteiger charge is -2.06. The highest BCUT2D eigenvalue weighted by atomic mass is 32.2. The van der Waals surface area contributed by atoms with Crippen LogP contribution in [-0.2, 0) is 21.2 Å². The number of hydrogen-bond acceptors (Lipinski definition) is 4. The minimum absolute atomic E-state index is 0.266. The number of sulfone groups is 1. The van der Waals surface area contributed by atoms with Crippen molar-refractivity contribution >= 4 is 15.7 Å². The molecule has 0 spiro atoms. The highest BCUT2D eigenvalue weighted by Crippen LogP contribution is 2.12. The highest BCUT2D eigenvalue weighted by Gasteiger charge is 2.07. The first-order chi connectivity index (χ1) is 7.97. The molecule has 0 aliphatic heterocycles. The fourth-order valence-electron chi connectivity index (χ4n) is 1.24. The van der Waals surface area contributed by atoms with E-state index >= 15 is 0 Å². The number of nitrogens with zero attached hydrogens (tertiary/aromatic N) is 1. The van der Waals surface area contributed by atoms with Gasteiger partial charge in [-0.3, -0.25) is 4.99 Å². The molecule has 0 bridgehead atoms. The molecule has 0 radical (unpaired) electrons. The van der Waals surface area contributed by atoms with Gasteiger partial charge in [-0.2, -0.15) is 0 Å². The number of benzene rings is 1. The van der Waals surface area contributed by atoms with Crippen LogP contribution in [0, 0.1) is 0 Å². The standard InChI is InChI=1S/C12H15NO3S/c1-4-12(13-2)16-9-10-6-5-7-11(8-10)17(3,14)15/h4-8H,1,9H2,2-3H3. The SMILES string of the molecule is C=CC(=NC)OCc1cccc(S(C)(=O)=O)c1. The lowest BCUT2D eigenvalue weighted by molar-refractivity contribution is 0.294. The van der Waals surface area contributed by atoms with Crippen molar-refractivity contribution in [2.75, 3.05) is 13.3 Å². The zero-order valence-corrected chi connectivity index (χ0v) is 10.7. The first-order valence-corrected chi connectivity index (χ1v) is 6.87. The van der Waals surface area contributed by atoms with Gasteiger partial charge in [-0.1, -0.05) is 18.7 Å². The Bertz CT molecular complexity index is 532. The van der Waals surface area contributed by atoms with Crippen LogP contribution in [0.2, 0.25) is 0 Å². The normalized spacial score (nSPS) is 12.2. The van der Waals surface area contributed by atoms with Crippen molar-refractivity contribution < 1.29 is 13.2 Å². The zero-order chi connectivity index (χ0) is 12.9. The molecular weight excluding hydrogens is 238 g/mol. The van der Waals surface area contributed by atoms with E-state index in [1.54, 1.807) is 31.3 Å². The van der Waals surface area contributed by atoms with Crippen LogP contribution >= 0.6 is 0 Å². The first-order valence-electron chi connectivity index (χ1n) is 4.98. The summed E-state index contributed by atoms with van der Waals surface area (Å²) in [5.74, 6) is 0.426. The molecule has 0 fully saturated rings. The molecule has 0 aliphatic rings. The molecule has 0 saturated heterocycles. The predicted molar refractivity (Wildman–Crippen MR) is 67.9 cm³/mol. The molecule has 0 saturated carbocycles. The van der Waals surface area contributed by atoms with Gasteiger partial charge in [0, 0.05) is 13.3 Å². The van der Waals surface area contributed by atoms with Crippen LogP contribution in [0.4, 0.5) is 0 Å². The fourth-order valence-corrected chi connectivity index (χ4v) is 1.93. The second-order valence-electron chi connectivity index (χ2n) is 3.47. The van der Waals surface area contributed by atoms with Crippen LogP contribution in [0.25, 0.3) is 0 Å². The topological polar surface area (TPSA) is 55.7 Å². The quantitative estimate of drug-likeness (QED) is 0.607. The van der Waals surface area contributed by atoms with Gasteiger partial charge in [-0.25, -0.2) is 8.42 Å². The largest absolute Gasteiger partial charge is 0.473 e. The second kappa shape index (κ2) is 5.63. The maximum absolute atomic E-state index is 11.4. The van der Waals surface area contributed by atoms with Gasteiger partial charge in [0.05, 0.1) is 4.90 Å². The molecule has 1 rings (SSSR count). The van der Waals surface area contributed by atoms with Gasteiger partial charge in [0.25, 0.3) is 0 Å². The van der Waals surface area contributed by atoms with Crippen molar-refractivity contribution in [2.45, 2.75) is 11.5 Å². The van der Waals surface area contributed by atoms with Gasteiger partial charge >= 0.3 is 0 Å². The average molecular weight is 253 g/mol. The van der Waals surface area contributed by atoms with E-state index in [-0.39, 0.29) is 11.5 Å². The monoisotopic (exact) mass is 253 g/mol. The third-order valence-electron chi connectivity index (χ3n) is 2.11. The minimum atomic E-state index is -3.18. The van der Waals surface area contributed by atoms with E-state index < -0.39 is 9.84 Å². The van der Waals surface area contributed by atoms with E-state index in [2.05, 4.69) is 11.6 Å². The van der Waals surface area contributed by atoms with Gasteiger partial charge in [0.2, 0.25) is 5.90 Å². The average Bonchev–Trinajstić information content (AvgIpc) is 2.30. The Balaban J connectivity index is 2.84. The molecule has 0 atom stereocenters. The summed E-state index contributed by atoms with van der Waals surface area (Å²) in [6, 6.07) is 6.63. The van der Waals surface area contributed by atoms with Crippen molar-refractivity contribution in [2.24, 2.45) is 4.99 Å². The number of rotatable bonds is 4. The maximum Gasteiger partial charge on any atom is 0.207 e. The van der Waals surface area contributed by atoms with Crippen LogP contribution in [0.15, 0.2) is 46.8 Å². The van der Waals surface area contributed by atoms with Crippen molar-refractivity contribution in [3.63, 3.8) is 0 Å². The molecule has 0 amide bonds. The predicted octanol–water partition coefficient (Wildman–Crippen LogP) is 1.82. The van der Waals surface area contributed by atoms with E-state index in [0.717, 1.165) is 5.56 Å². The Hall–Kier alpha value is -1.62. The Morgan fingerprint density at radius 2 is 2.24 bits per heavy atom. The molecule has 17 heavy (non-hydrogen) atoms. The third kappa shape index (κ3) is 4.03. The van der Waals surface area contributed by atoms with E-state index in [9.17, 15) is 8.42 Å². The molecule has 0 aromatic heterocycles. The molecule has 0 unspecified atom stereocenters. The van der Waals surface area contributed by atoms with E-state index in [0.29, 0.717) is 5.90 Å². The maximum atomic E-state index is 11.4. The molecule has 4 nitrogen and oxygen atoms in total. The lowest BCUT2D eigenvalue weighted by Crippen LogP contribution is -2.03. The minimum Gasteiger partial charge on any atom is -0.473 e. The van der Waals surface area contributed by atoms with Crippen molar-refractivity contribution in [1.29, 1.82) is 0 Å². The summed E-state index contributed by atoms with van der Waals surface area (Å²) in [7, 11) is -1.58. The highest BCUT2D eigenvalue weighted by molar-refractivity contribution is 7.90. The summed E-state index contributed by atoms with van der Waals surface area (Å²) >= 11 is 0. The summed E-state index contributed by atoms with van der Waals surface area (Å²) in [4.78, 5) is 4.14. The number of aliphatic imine (C=N–C) groups is 1. The van der Waals surface area contributed by atoms with Crippen LogP contribution in [0.3, 0.4) is 0 Å². The summed E-state index contributed by atoms with van der Waals surface area (Å²) in [6.07, 6.45) is 2.68. The summed E-state index contributed by atoms with van der Waals surface area (Å²) in [6.45, 7) is 3.82. The van der Waals surface area contributed by atoms with Gasteiger partial charge in [0.15, 0.2) is 9.84 Å². The Kier molecular flexibility index (Phi) is 4.45. The summed E-state index contributed by atoms with van der Waals surface area (Å²) in [5.41, 5.74) is 0.774. The summed E-state index contributed by atoms with van der Waals surface area (Å²) in [5, 5.41) is 0. The van der Waals surface area contributed by atoms with Gasteiger partial charge in [0.1, 0.15) is 6.61 Å². The molecule has 92 valence electrons. The molecule has 1 aromatic rings.